The fourth-order valence-electron chi connectivity index (χ4n) is 1.67. The number of hydrazine groups is 1. The van der Waals surface area contributed by atoms with E-state index < -0.39 is 6.10 Å². The first kappa shape index (κ1) is 14.7. The highest BCUT2D eigenvalue weighted by atomic mass is 32.1. The Morgan fingerprint density at radius 3 is 2.70 bits per heavy atom. The van der Waals surface area contributed by atoms with Crippen LogP contribution in [-0.2, 0) is 0 Å². The summed E-state index contributed by atoms with van der Waals surface area (Å²) in [5.41, 5.74) is 3.43. The fourth-order valence-corrected chi connectivity index (χ4v) is 2.38. The summed E-state index contributed by atoms with van der Waals surface area (Å²) in [7, 11) is 0. The molecule has 0 spiro atoms. The Bertz CT molecular complexity index is 544. The molecule has 2 aromatic heterocycles. The summed E-state index contributed by atoms with van der Waals surface area (Å²) in [5, 5.41) is 17.0. The van der Waals surface area contributed by atoms with Crippen molar-refractivity contribution in [1.29, 1.82) is 0 Å². The lowest BCUT2D eigenvalue weighted by Crippen LogP contribution is -2.16. The Kier molecular flexibility index (Phi) is 4.89. The monoisotopic (exact) mass is 293 g/mol. The van der Waals surface area contributed by atoms with Crippen LogP contribution in [0.15, 0.2) is 22.9 Å². The molecule has 1 atom stereocenters. The molecule has 0 amide bonds. The SMILES string of the molecule is CC(C)c1nc(NN)cc(NCC(O)c2ccsc2)n1. The lowest BCUT2D eigenvalue weighted by Gasteiger charge is -2.13. The van der Waals surface area contributed by atoms with E-state index in [0.717, 1.165) is 5.56 Å². The summed E-state index contributed by atoms with van der Waals surface area (Å²) < 4.78 is 0. The number of hydrogen-bond donors (Lipinski definition) is 4. The second-order valence-electron chi connectivity index (χ2n) is 4.75. The normalized spacial score (nSPS) is 12.4. The third-order valence-corrected chi connectivity index (χ3v) is 3.51. The molecule has 7 heteroatoms. The number of rotatable bonds is 6. The molecular formula is C13H19N5OS. The van der Waals surface area contributed by atoms with E-state index in [-0.39, 0.29) is 5.92 Å². The van der Waals surface area contributed by atoms with E-state index in [1.54, 1.807) is 17.4 Å². The Hall–Kier alpha value is -1.70. The molecule has 20 heavy (non-hydrogen) atoms. The minimum atomic E-state index is -0.562. The topological polar surface area (TPSA) is 96.1 Å². The molecule has 0 radical (unpaired) electrons. The van der Waals surface area contributed by atoms with Crippen LogP contribution in [0.25, 0.3) is 0 Å². The molecule has 0 bridgehead atoms. The molecule has 0 fully saturated rings. The number of nitrogens with zero attached hydrogens (tertiary/aromatic N) is 2. The van der Waals surface area contributed by atoms with Crippen molar-refractivity contribution in [3.63, 3.8) is 0 Å². The molecule has 1 unspecified atom stereocenters. The summed E-state index contributed by atoms with van der Waals surface area (Å²) in [4.78, 5) is 8.69. The van der Waals surface area contributed by atoms with Gasteiger partial charge in [0.2, 0.25) is 0 Å². The van der Waals surface area contributed by atoms with Gasteiger partial charge in [-0.05, 0) is 22.4 Å². The lowest BCUT2D eigenvalue weighted by molar-refractivity contribution is 0.192. The summed E-state index contributed by atoms with van der Waals surface area (Å²) >= 11 is 1.56. The summed E-state index contributed by atoms with van der Waals surface area (Å²) in [6.07, 6.45) is -0.562. The quantitative estimate of drug-likeness (QED) is 0.481. The van der Waals surface area contributed by atoms with Crippen molar-refractivity contribution >= 4 is 23.0 Å². The Morgan fingerprint density at radius 2 is 2.10 bits per heavy atom. The second kappa shape index (κ2) is 6.65. The first-order chi connectivity index (χ1) is 9.60. The van der Waals surface area contributed by atoms with Gasteiger partial charge in [0.1, 0.15) is 17.5 Å². The third kappa shape index (κ3) is 3.66. The Labute approximate surface area is 122 Å². The molecule has 108 valence electrons. The van der Waals surface area contributed by atoms with E-state index >= 15 is 0 Å². The average Bonchev–Trinajstić information content (AvgIpc) is 2.98. The predicted octanol–water partition coefficient (Wildman–Crippen LogP) is 2.09. The number of aliphatic hydroxyl groups excluding tert-OH is 1. The van der Waals surface area contributed by atoms with Crippen LogP contribution in [0.5, 0.6) is 0 Å². The van der Waals surface area contributed by atoms with Crippen LogP contribution >= 0.6 is 11.3 Å². The number of hydrogen-bond acceptors (Lipinski definition) is 7. The number of aromatic nitrogens is 2. The van der Waals surface area contributed by atoms with E-state index in [1.807, 2.05) is 30.7 Å². The first-order valence-corrected chi connectivity index (χ1v) is 7.34. The highest BCUT2D eigenvalue weighted by Gasteiger charge is 2.10. The molecule has 5 N–H and O–H groups in total. The van der Waals surface area contributed by atoms with Gasteiger partial charge in [-0.2, -0.15) is 11.3 Å². The van der Waals surface area contributed by atoms with Gasteiger partial charge in [0.25, 0.3) is 0 Å². The van der Waals surface area contributed by atoms with E-state index in [9.17, 15) is 5.11 Å². The smallest absolute Gasteiger partial charge is 0.145 e. The standard InChI is InChI=1S/C13H19N5OS/c1-8(2)13-16-11(5-12(17-13)18-14)15-6-10(19)9-3-4-20-7-9/h3-5,7-8,10,19H,6,14H2,1-2H3,(H2,15,16,17,18). The maximum Gasteiger partial charge on any atom is 0.145 e. The molecule has 2 aromatic rings. The van der Waals surface area contributed by atoms with Gasteiger partial charge in [0.05, 0.1) is 6.10 Å². The van der Waals surface area contributed by atoms with Crippen molar-refractivity contribution in [2.75, 3.05) is 17.3 Å². The number of nitrogens with one attached hydrogen (secondary N) is 2. The first-order valence-electron chi connectivity index (χ1n) is 6.39. The van der Waals surface area contributed by atoms with Gasteiger partial charge in [-0.1, -0.05) is 13.8 Å². The lowest BCUT2D eigenvalue weighted by atomic mass is 10.2. The van der Waals surface area contributed by atoms with E-state index in [4.69, 9.17) is 5.84 Å². The van der Waals surface area contributed by atoms with Crippen molar-refractivity contribution in [3.05, 3.63) is 34.3 Å². The zero-order valence-corrected chi connectivity index (χ0v) is 12.3. The van der Waals surface area contributed by atoms with Crippen LogP contribution in [0.1, 0.15) is 37.3 Å². The zero-order valence-electron chi connectivity index (χ0n) is 11.5. The molecule has 0 saturated carbocycles. The van der Waals surface area contributed by atoms with E-state index in [0.29, 0.717) is 24.0 Å². The molecule has 0 aliphatic heterocycles. The van der Waals surface area contributed by atoms with Gasteiger partial charge in [0.15, 0.2) is 0 Å². The maximum atomic E-state index is 10.0. The van der Waals surface area contributed by atoms with Gasteiger partial charge in [-0.25, -0.2) is 15.8 Å². The van der Waals surface area contributed by atoms with Crippen LogP contribution < -0.4 is 16.6 Å². The van der Waals surface area contributed by atoms with Crippen molar-refractivity contribution in [2.24, 2.45) is 5.84 Å². The minimum absolute atomic E-state index is 0.200. The summed E-state index contributed by atoms with van der Waals surface area (Å²) in [6, 6.07) is 3.62. The van der Waals surface area contributed by atoms with Crippen molar-refractivity contribution in [3.8, 4) is 0 Å². The second-order valence-corrected chi connectivity index (χ2v) is 5.53. The third-order valence-electron chi connectivity index (χ3n) is 2.81. The van der Waals surface area contributed by atoms with E-state index in [2.05, 4.69) is 20.7 Å². The highest BCUT2D eigenvalue weighted by molar-refractivity contribution is 7.07. The molecule has 2 heterocycles. The number of thiophene rings is 1. The number of aliphatic hydroxyl groups is 1. The highest BCUT2D eigenvalue weighted by Crippen LogP contribution is 2.19. The predicted molar refractivity (Wildman–Crippen MR) is 81.7 cm³/mol. The molecule has 0 aliphatic rings. The Balaban J connectivity index is 2.07. The number of nitrogens with two attached hydrogens (primary N) is 1. The van der Waals surface area contributed by atoms with E-state index in [1.165, 1.54) is 0 Å². The minimum Gasteiger partial charge on any atom is -0.387 e. The van der Waals surface area contributed by atoms with Crippen LogP contribution in [0.2, 0.25) is 0 Å². The van der Waals surface area contributed by atoms with Crippen molar-refractivity contribution in [1.82, 2.24) is 9.97 Å². The summed E-state index contributed by atoms with van der Waals surface area (Å²) in [6.45, 7) is 4.41. The van der Waals surface area contributed by atoms with Gasteiger partial charge in [-0.15, -0.1) is 0 Å². The number of anilines is 2. The van der Waals surface area contributed by atoms with Gasteiger partial charge < -0.3 is 15.8 Å². The van der Waals surface area contributed by atoms with Gasteiger partial charge in [0, 0.05) is 18.5 Å². The van der Waals surface area contributed by atoms with Gasteiger partial charge in [-0.3, -0.25) is 0 Å². The number of nitrogen functional groups attached to an aromatic ring is 1. The molecule has 0 aliphatic carbocycles. The van der Waals surface area contributed by atoms with Crippen LogP contribution in [0, 0.1) is 0 Å². The van der Waals surface area contributed by atoms with Crippen molar-refractivity contribution in [2.45, 2.75) is 25.9 Å². The Morgan fingerprint density at radius 1 is 1.35 bits per heavy atom. The maximum absolute atomic E-state index is 10.0. The van der Waals surface area contributed by atoms with Crippen molar-refractivity contribution < 1.29 is 5.11 Å². The molecule has 6 nitrogen and oxygen atoms in total. The van der Waals surface area contributed by atoms with Gasteiger partial charge >= 0.3 is 0 Å². The molecule has 0 aromatic carbocycles. The molecule has 0 saturated heterocycles. The summed E-state index contributed by atoms with van der Waals surface area (Å²) in [5.74, 6) is 7.50. The van der Waals surface area contributed by atoms with Crippen LogP contribution in [0.3, 0.4) is 0 Å². The largest absolute Gasteiger partial charge is 0.387 e. The molecule has 2 rings (SSSR count). The molecular weight excluding hydrogens is 274 g/mol. The zero-order chi connectivity index (χ0) is 14.5. The van der Waals surface area contributed by atoms with Crippen LogP contribution in [-0.4, -0.2) is 21.6 Å². The van der Waals surface area contributed by atoms with Crippen LogP contribution in [0.4, 0.5) is 11.6 Å². The fraction of sp³-hybridized carbons (Fsp3) is 0.385. The average molecular weight is 293 g/mol.